The third-order valence-corrected chi connectivity index (χ3v) is 6.19. The number of hydrogen-bond donors (Lipinski definition) is 1. The number of nitrogens with one attached hydrogen (secondary N) is 1. The Balaban J connectivity index is 1.55. The molecule has 1 amide bonds. The molecule has 0 spiro atoms. The van der Waals surface area contributed by atoms with E-state index in [2.05, 4.69) is 15.5 Å². The summed E-state index contributed by atoms with van der Waals surface area (Å²) in [6.45, 7) is 0. The summed E-state index contributed by atoms with van der Waals surface area (Å²) in [5, 5.41) is 14.7. The van der Waals surface area contributed by atoms with Gasteiger partial charge in [0.15, 0.2) is 11.0 Å². The average molecular weight is 457 g/mol. The van der Waals surface area contributed by atoms with Crippen LogP contribution in [0, 0.1) is 0 Å². The molecular weight excluding hydrogens is 440 g/mol. The number of hydrogen-bond acceptors (Lipinski definition) is 6. The molecule has 0 aliphatic rings. The molecule has 6 nitrogen and oxygen atoms in total. The van der Waals surface area contributed by atoms with Gasteiger partial charge in [0.05, 0.1) is 23.4 Å². The molecule has 0 aliphatic carbocycles. The highest BCUT2D eigenvalue weighted by Crippen LogP contribution is 2.31. The van der Waals surface area contributed by atoms with Gasteiger partial charge in [0.2, 0.25) is 5.91 Å². The second-order valence-electron chi connectivity index (χ2n) is 6.14. The van der Waals surface area contributed by atoms with Gasteiger partial charge < -0.3 is 10.1 Å². The van der Waals surface area contributed by atoms with Crippen LogP contribution in [-0.4, -0.2) is 33.5 Å². The highest BCUT2D eigenvalue weighted by molar-refractivity contribution is 7.99. The average Bonchev–Trinajstić information content (AvgIpc) is 3.43. The third-order valence-electron chi connectivity index (χ3n) is 4.16. The van der Waals surface area contributed by atoms with Crippen molar-refractivity contribution in [1.82, 2.24) is 14.8 Å². The summed E-state index contributed by atoms with van der Waals surface area (Å²) in [5.74, 6) is 1.26. The van der Waals surface area contributed by atoms with Gasteiger partial charge in [-0.05, 0) is 41.8 Å². The van der Waals surface area contributed by atoms with Crippen molar-refractivity contribution in [1.29, 1.82) is 0 Å². The molecule has 0 fully saturated rings. The van der Waals surface area contributed by atoms with Gasteiger partial charge in [-0.3, -0.25) is 9.36 Å². The number of amides is 1. The van der Waals surface area contributed by atoms with Crippen molar-refractivity contribution in [2.75, 3.05) is 18.2 Å². The molecule has 0 unspecified atom stereocenters. The molecule has 0 saturated heterocycles. The molecule has 152 valence electrons. The Morgan fingerprint density at radius 1 is 1.17 bits per heavy atom. The van der Waals surface area contributed by atoms with E-state index in [9.17, 15) is 4.79 Å². The van der Waals surface area contributed by atoms with Crippen LogP contribution >= 0.6 is 34.7 Å². The first-order chi connectivity index (χ1) is 14.7. The van der Waals surface area contributed by atoms with Crippen LogP contribution in [0.25, 0.3) is 16.4 Å². The second-order valence-corrected chi connectivity index (χ2v) is 8.46. The van der Waals surface area contributed by atoms with Gasteiger partial charge in [-0.1, -0.05) is 47.6 Å². The number of rotatable bonds is 7. The van der Waals surface area contributed by atoms with Crippen molar-refractivity contribution < 1.29 is 9.53 Å². The lowest BCUT2D eigenvalue weighted by atomic mass is 10.3. The second kappa shape index (κ2) is 9.34. The van der Waals surface area contributed by atoms with Gasteiger partial charge in [-0.25, -0.2) is 0 Å². The van der Waals surface area contributed by atoms with E-state index in [0.29, 0.717) is 21.6 Å². The Morgan fingerprint density at radius 2 is 2.00 bits per heavy atom. The van der Waals surface area contributed by atoms with E-state index in [1.807, 2.05) is 52.4 Å². The van der Waals surface area contributed by atoms with Crippen molar-refractivity contribution in [2.45, 2.75) is 5.16 Å². The lowest BCUT2D eigenvalue weighted by Crippen LogP contribution is -2.15. The van der Waals surface area contributed by atoms with Gasteiger partial charge in [0.25, 0.3) is 0 Å². The van der Waals surface area contributed by atoms with E-state index in [4.69, 9.17) is 16.3 Å². The zero-order chi connectivity index (χ0) is 20.9. The monoisotopic (exact) mass is 456 g/mol. The molecule has 2 aromatic carbocycles. The highest BCUT2D eigenvalue weighted by atomic mass is 35.5. The standard InChI is InChI=1S/C21H17ClN4O2S2/c1-28-17-10-9-14(22)12-16(17)23-19(27)13-30-21-25-24-20(18-8-5-11-29-18)26(21)15-6-3-2-4-7-15/h2-12H,13H2,1H3,(H,23,27). The number of nitrogens with zero attached hydrogens (tertiary/aromatic N) is 3. The Labute approximate surface area is 186 Å². The number of carbonyl (C=O) groups is 1. The Morgan fingerprint density at radius 3 is 2.73 bits per heavy atom. The first-order valence-corrected chi connectivity index (χ1v) is 11.2. The number of halogens is 1. The maximum absolute atomic E-state index is 12.6. The summed E-state index contributed by atoms with van der Waals surface area (Å²) in [6.07, 6.45) is 0. The van der Waals surface area contributed by atoms with E-state index in [-0.39, 0.29) is 11.7 Å². The fraction of sp³-hybridized carbons (Fsp3) is 0.0952. The Bertz CT molecular complexity index is 1150. The third kappa shape index (κ3) is 4.51. The van der Waals surface area contributed by atoms with Crippen LogP contribution in [0.3, 0.4) is 0 Å². The predicted molar refractivity (Wildman–Crippen MR) is 122 cm³/mol. The van der Waals surface area contributed by atoms with E-state index in [0.717, 1.165) is 16.4 Å². The fourth-order valence-corrected chi connectivity index (χ4v) is 4.46. The quantitative estimate of drug-likeness (QED) is 0.377. The largest absolute Gasteiger partial charge is 0.495 e. The number of thiophene rings is 1. The first-order valence-electron chi connectivity index (χ1n) is 8.96. The molecule has 0 saturated carbocycles. The van der Waals surface area contributed by atoms with Crippen molar-refractivity contribution in [3.05, 3.63) is 71.1 Å². The zero-order valence-corrected chi connectivity index (χ0v) is 18.3. The Hall–Kier alpha value is -2.81. The van der Waals surface area contributed by atoms with Crippen LogP contribution in [-0.2, 0) is 4.79 Å². The summed E-state index contributed by atoms with van der Waals surface area (Å²) in [5.41, 5.74) is 1.46. The molecule has 0 radical (unpaired) electrons. The van der Waals surface area contributed by atoms with Crippen LogP contribution < -0.4 is 10.1 Å². The molecule has 2 aromatic heterocycles. The van der Waals surface area contributed by atoms with E-state index in [1.54, 1.807) is 36.6 Å². The number of benzene rings is 2. The molecule has 2 heterocycles. The molecule has 4 aromatic rings. The maximum atomic E-state index is 12.6. The number of para-hydroxylation sites is 1. The van der Waals surface area contributed by atoms with Crippen molar-refractivity contribution in [2.24, 2.45) is 0 Å². The van der Waals surface area contributed by atoms with Gasteiger partial charge in [0.1, 0.15) is 5.75 Å². The molecule has 0 atom stereocenters. The molecule has 0 bridgehead atoms. The number of methoxy groups -OCH3 is 1. The highest BCUT2D eigenvalue weighted by Gasteiger charge is 2.18. The lowest BCUT2D eigenvalue weighted by molar-refractivity contribution is -0.113. The lowest BCUT2D eigenvalue weighted by Gasteiger charge is -2.11. The van der Waals surface area contributed by atoms with Crippen LogP contribution in [0.15, 0.2) is 71.2 Å². The fourth-order valence-electron chi connectivity index (χ4n) is 2.83. The number of anilines is 1. The van der Waals surface area contributed by atoms with Gasteiger partial charge in [-0.2, -0.15) is 0 Å². The molecule has 9 heteroatoms. The van der Waals surface area contributed by atoms with Crippen LogP contribution in [0.5, 0.6) is 5.75 Å². The molecular formula is C21H17ClN4O2S2. The topological polar surface area (TPSA) is 69.0 Å². The molecule has 30 heavy (non-hydrogen) atoms. The van der Waals surface area contributed by atoms with E-state index < -0.39 is 0 Å². The van der Waals surface area contributed by atoms with Gasteiger partial charge in [-0.15, -0.1) is 21.5 Å². The summed E-state index contributed by atoms with van der Waals surface area (Å²) >= 11 is 8.94. The molecule has 4 rings (SSSR count). The van der Waals surface area contributed by atoms with E-state index in [1.165, 1.54) is 11.8 Å². The SMILES string of the molecule is COc1ccc(Cl)cc1NC(=O)CSc1nnc(-c2cccs2)n1-c1ccccc1. The summed E-state index contributed by atoms with van der Waals surface area (Å²) in [4.78, 5) is 13.6. The number of thioether (sulfide) groups is 1. The van der Waals surface area contributed by atoms with Crippen LogP contribution in [0.4, 0.5) is 5.69 Å². The van der Waals surface area contributed by atoms with Crippen molar-refractivity contribution >= 4 is 46.3 Å². The van der Waals surface area contributed by atoms with Crippen molar-refractivity contribution in [3.63, 3.8) is 0 Å². The predicted octanol–water partition coefficient (Wildman–Crippen LogP) is 5.39. The summed E-state index contributed by atoms with van der Waals surface area (Å²) < 4.78 is 7.24. The van der Waals surface area contributed by atoms with Gasteiger partial charge >= 0.3 is 0 Å². The zero-order valence-electron chi connectivity index (χ0n) is 15.9. The minimum atomic E-state index is -0.194. The minimum Gasteiger partial charge on any atom is -0.495 e. The molecule has 0 aliphatic heterocycles. The van der Waals surface area contributed by atoms with Gasteiger partial charge in [0, 0.05) is 10.7 Å². The molecule has 1 N–H and O–H groups in total. The minimum absolute atomic E-state index is 0.158. The van der Waals surface area contributed by atoms with Crippen LogP contribution in [0.1, 0.15) is 0 Å². The van der Waals surface area contributed by atoms with E-state index >= 15 is 0 Å². The Kier molecular flexibility index (Phi) is 6.37. The first kappa shape index (κ1) is 20.5. The number of carbonyl (C=O) groups excluding carboxylic acids is 1. The maximum Gasteiger partial charge on any atom is 0.234 e. The summed E-state index contributed by atoms with van der Waals surface area (Å²) in [6, 6.07) is 18.9. The normalized spacial score (nSPS) is 10.7. The smallest absolute Gasteiger partial charge is 0.234 e. The number of ether oxygens (including phenoxy) is 1. The number of aromatic nitrogens is 3. The van der Waals surface area contributed by atoms with Crippen LogP contribution in [0.2, 0.25) is 5.02 Å². The summed E-state index contributed by atoms with van der Waals surface area (Å²) in [7, 11) is 1.54. The van der Waals surface area contributed by atoms with Crippen molar-refractivity contribution in [3.8, 4) is 22.1 Å².